The summed E-state index contributed by atoms with van der Waals surface area (Å²) < 4.78 is 26.1. The maximum atomic E-state index is 11.8. The molecule has 19 heavy (non-hydrogen) atoms. The maximum absolute atomic E-state index is 11.8. The molecule has 1 atom stereocenters. The highest BCUT2D eigenvalue weighted by Crippen LogP contribution is 2.22. The highest BCUT2D eigenvalue weighted by molar-refractivity contribution is 7.93. The van der Waals surface area contributed by atoms with Crippen molar-refractivity contribution in [1.29, 1.82) is 0 Å². The van der Waals surface area contributed by atoms with Crippen LogP contribution in [0, 0.1) is 0 Å². The van der Waals surface area contributed by atoms with Gasteiger partial charge in [-0.3, -0.25) is 4.72 Å². The largest absolute Gasteiger partial charge is 0.395 e. The molecule has 0 spiro atoms. The average Bonchev–Trinajstić information content (AvgIpc) is 2.92. The zero-order chi connectivity index (χ0) is 13.9. The Morgan fingerprint density at radius 1 is 1.26 bits per heavy atom. The molecule has 0 amide bonds. The summed E-state index contributed by atoms with van der Waals surface area (Å²) in [5, 5.41) is 8.10. The van der Waals surface area contributed by atoms with Gasteiger partial charge in [0.2, 0.25) is 10.0 Å². The summed E-state index contributed by atoms with van der Waals surface area (Å²) in [6.07, 6.45) is 2.42. The number of nitrogens with zero attached hydrogens (tertiary/aromatic N) is 1. The molecule has 1 aliphatic rings. The first-order chi connectivity index (χ1) is 9.03. The van der Waals surface area contributed by atoms with Gasteiger partial charge >= 0.3 is 0 Å². The molecule has 1 fully saturated rings. The molecular formula is C13H20N2O3S. The molecule has 1 aromatic carbocycles. The van der Waals surface area contributed by atoms with E-state index in [0.717, 1.165) is 18.8 Å². The van der Waals surface area contributed by atoms with Gasteiger partial charge in [0, 0.05) is 24.5 Å². The molecule has 0 aromatic heterocycles. The molecule has 106 valence electrons. The van der Waals surface area contributed by atoms with Crippen LogP contribution in [-0.2, 0) is 10.0 Å². The summed E-state index contributed by atoms with van der Waals surface area (Å²) in [7, 11) is -3.51. The number of sulfonamides is 1. The van der Waals surface area contributed by atoms with Crippen LogP contribution >= 0.6 is 0 Å². The van der Waals surface area contributed by atoms with Gasteiger partial charge in [-0.2, -0.15) is 0 Å². The van der Waals surface area contributed by atoms with Crippen molar-refractivity contribution in [3.63, 3.8) is 0 Å². The van der Waals surface area contributed by atoms with Gasteiger partial charge in [0.05, 0.1) is 6.61 Å². The number of rotatable bonds is 5. The summed E-state index contributed by atoms with van der Waals surface area (Å²) >= 11 is 0. The monoisotopic (exact) mass is 284 g/mol. The first-order valence-electron chi connectivity index (χ1n) is 6.50. The topological polar surface area (TPSA) is 69.6 Å². The second kappa shape index (κ2) is 5.79. The van der Waals surface area contributed by atoms with Crippen molar-refractivity contribution in [2.75, 3.05) is 29.3 Å². The van der Waals surface area contributed by atoms with Crippen LogP contribution in [0.3, 0.4) is 0 Å². The molecule has 0 saturated carbocycles. The summed E-state index contributed by atoms with van der Waals surface area (Å²) in [5.41, 5.74) is 1.65. The Kier molecular flexibility index (Phi) is 4.31. The summed E-state index contributed by atoms with van der Waals surface area (Å²) in [5.74, 6) is 0. The highest BCUT2D eigenvalue weighted by atomic mass is 32.2. The van der Waals surface area contributed by atoms with Crippen LogP contribution in [0.2, 0.25) is 0 Å². The van der Waals surface area contributed by atoms with Crippen LogP contribution in [0.4, 0.5) is 11.4 Å². The third-order valence-electron chi connectivity index (χ3n) is 3.39. The third kappa shape index (κ3) is 3.39. The van der Waals surface area contributed by atoms with Crippen molar-refractivity contribution in [2.45, 2.75) is 25.0 Å². The lowest BCUT2D eigenvalue weighted by Crippen LogP contribution is -2.28. The van der Waals surface area contributed by atoms with Crippen molar-refractivity contribution < 1.29 is 13.5 Å². The lowest BCUT2D eigenvalue weighted by Gasteiger charge is -2.18. The Bertz CT molecular complexity index is 507. The Hall–Kier alpha value is -1.27. The first-order valence-corrected chi connectivity index (χ1v) is 8.05. The minimum absolute atomic E-state index is 0.388. The van der Waals surface area contributed by atoms with Crippen LogP contribution in [0.15, 0.2) is 24.3 Å². The van der Waals surface area contributed by atoms with Crippen LogP contribution in [-0.4, -0.2) is 38.5 Å². The molecule has 6 heteroatoms. The van der Waals surface area contributed by atoms with E-state index in [0.29, 0.717) is 5.69 Å². The second-order valence-corrected chi connectivity index (χ2v) is 6.98. The van der Waals surface area contributed by atoms with E-state index in [9.17, 15) is 8.42 Å². The molecule has 1 aromatic rings. The quantitative estimate of drug-likeness (QED) is 0.857. The molecule has 0 radical (unpaired) electrons. The Balaban J connectivity index is 2.06. The molecule has 5 nitrogen and oxygen atoms in total. The van der Waals surface area contributed by atoms with Gasteiger partial charge in [0.25, 0.3) is 0 Å². The van der Waals surface area contributed by atoms with Gasteiger partial charge in [-0.25, -0.2) is 8.42 Å². The van der Waals surface area contributed by atoms with E-state index >= 15 is 0 Å². The first kappa shape index (κ1) is 14.1. The molecular weight excluding hydrogens is 264 g/mol. The Morgan fingerprint density at radius 3 is 2.37 bits per heavy atom. The van der Waals surface area contributed by atoms with Gasteiger partial charge in [0.15, 0.2) is 0 Å². The van der Waals surface area contributed by atoms with E-state index in [1.807, 2.05) is 12.1 Å². The van der Waals surface area contributed by atoms with E-state index in [-0.39, 0.29) is 6.61 Å². The van der Waals surface area contributed by atoms with E-state index in [4.69, 9.17) is 5.11 Å². The number of hydrogen-bond donors (Lipinski definition) is 2. The zero-order valence-electron chi connectivity index (χ0n) is 11.0. The highest BCUT2D eigenvalue weighted by Gasteiger charge is 2.19. The smallest absolute Gasteiger partial charge is 0.237 e. The maximum Gasteiger partial charge on any atom is 0.237 e. The normalized spacial score (nSPS) is 17.5. The summed E-state index contributed by atoms with van der Waals surface area (Å²) in [6, 6.07) is 7.37. The average molecular weight is 284 g/mol. The molecule has 2 rings (SSSR count). The van der Waals surface area contributed by atoms with Crippen molar-refractivity contribution in [1.82, 2.24) is 0 Å². The van der Waals surface area contributed by atoms with Gasteiger partial charge < -0.3 is 10.0 Å². The number of hydrogen-bond acceptors (Lipinski definition) is 4. The predicted molar refractivity (Wildman–Crippen MR) is 77.0 cm³/mol. The number of anilines is 2. The Morgan fingerprint density at radius 2 is 1.84 bits per heavy atom. The van der Waals surface area contributed by atoms with E-state index in [1.165, 1.54) is 19.8 Å². The minimum atomic E-state index is -3.51. The SMILES string of the molecule is CC(CO)S(=O)(=O)Nc1ccc(N2CCCC2)cc1. The molecule has 1 unspecified atom stereocenters. The van der Waals surface area contributed by atoms with Crippen molar-refractivity contribution >= 4 is 21.4 Å². The van der Waals surface area contributed by atoms with Crippen LogP contribution < -0.4 is 9.62 Å². The van der Waals surface area contributed by atoms with E-state index < -0.39 is 15.3 Å². The number of nitrogens with one attached hydrogen (secondary N) is 1. The zero-order valence-corrected chi connectivity index (χ0v) is 11.9. The lowest BCUT2D eigenvalue weighted by molar-refractivity contribution is 0.296. The molecule has 2 N–H and O–H groups in total. The van der Waals surface area contributed by atoms with E-state index in [1.54, 1.807) is 12.1 Å². The summed E-state index contributed by atoms with van der Waals surface area (Å²) in [6.45, 7) is 3.21. The van der Waals surface area contributed by atoms with Gasteiger partial charge in [0.1, 0.15) is 5.25 Å². The fraction of sp³-hybridized carbons (Fsp3) is 0.538. The molecule has 0 bridgehead atoms. The van der Waals surface area contributed by atoms with Crippen molar-refractivity contribution in [2.24, 2.45) is 0 Å². The van der Waals surface area contributed by atoms with Crippen molar-refractivity contribution in [3.8, 4) is 0 Å². The van der Waals surface area contributed by atoms with Crippen LogP contribution in [0.1, 0.15) is 19.8 Å². The minimum Gasteiger partial charge on any atom is -0.395 e. The lowest BCUT2D eigenvalue weighted by atomic mass is 10.2. The standard InChI is InChI=1S/C13H20N2O3S/c1-11(10-16)19(17,18)14-12-4-6-13(7-5-12)15-8-2-3-9-15/h4-7,11,14,16H,2-3,8-10H2,1H3. The van der Waals surface area contributed by atoms with E-state index in [2.05, 4.69) is 9.62 Å². The fourth-order valence-electron chi connectivity index (χ4n) is 2.08. The Labute approximate surface area is 114 Å². The van der Waals surface area contributed by atoms with Gasteiger partial charge in [-0.15, -0.1) is 0 Å². The van der Waals surface area contributed by atoms with Crippen LogP contribution in [0.5, 0.6) is 0 Å². The number of aliphatic hydroxyl groups is 1. The second-order valence-electron chi connectivity index (χ2n) is 4.88. The predicted octanol–water partition coefficient (Wildman–Crippen LogP) is 1.41. The number of benzene rings is 1. The van der Waals surface area contributed by atoms with Gasteiger partial charge in [-0.05, 0) is 44.0 Å². The molecule has 1 saturated heterocycles. The third-order valence-corrected chi connectivity index (χ3v) is 5.11. The van der Waals surface area contributed by atoms with Crippen molar-refractivity contribution in [3.05, 3.63) is 24.3 Å². The fourth-order valence-corrected chi connectivity index (χ4v) is 2.94. The molecule has 1 heterocycles. The summed E-state index contributed by atoms with van der Waals surface area (Å²) in [4.78, 5) is 2.29. The molecule has 0 aliphatic carbocycles. The number of aliphatic hydroxyl groups excluding tert-OH is 1. The van der Waals surface area contributed by atoms with Gasteiger partial charge in [-0.1, -0.05) is 0 Å². The molecule has 1 aliphatic heterocycles. The van der Waals surface area contributed by atoms with Crippen LogP contribution in [0.25, 0.3) is 0 Å².